The van der Waals surface area contributed by atoms with Crippen molar-refractivity contribution in [3.8, 4) is 23.0 Å². The van der Waals surface area contributed by atoms with Gasteiger partial charge in [0.15, 0.2) is 0 Å². The van der Waals surface area contributed by atoms with E-state index in [2.05, 4.69) is 0 Å². The summed E-state index contributed by atoms with van der Waals surface area (Å²) in [5, 5.41) is 3.89. The molecule has 0 N–H and O–H groups in total. The van der Waals surface area contributed by atoms with Crippen LogP contribution in [0.2, 0.25) is 0 Å². The standard InChI is InChI=1S/C23H20N2O5.C23H14O9.C21H14O7.C9H6O2/c1-24(2)15-7-5-13-9-17(22(27)29-19(13)11-15)21(26)18-10-14-6-8-16(25(3)4)12-20(14)30-23(18)28;1-11(24)29-15-5-3-13-7-17(22(27)31-19(13)9-15)21(26)18-8-14-4-6-16(30-12(2)25)10-20(14)32-23(18)28;1-25-13-3-5-17-11(7-13)9-15(20(23)27-17)19(22)16-10-12-8-14(26-2)4-6-18(12)28-21(16)24;10-9-6-5-7-3-1-2-4-8(7)11-9/h5-12H,1-4H3;3-10H,1-2H3;3-10H,1-2H3;1-6H. The molecule has 0 saturated carbocycles. The van der Waals surface area contributed by atoms with Crippen LogP contribution in [0, 0.1) is 0 Å². The minimum Gasteiger partial charge on any atom is -0.497 e. The number of ether oxygens (including phenoxy) is 4. The van der Waals surface area contributed by atoms with Crippen LogP contribution in [0.3, 0.4) is 0 Å². The van der Waals surface area contributed by atoms with Crippen LogP contribution >= 0.6 is 0 Å². The van der Waals surface area contributed by atoms with Gasteiger partial charge in [-0.2, -0.15) is 0 Å². The van der Waals surface area contributed by atoms with Crippen molar-refractivity contribution in [1.82, 2.24) is 0 Å². The molecule has 7 heterocycles. The normalized spacial score (nSPS) is 10.9. The van der Waals surface area contributed by atoms with Crippen LogP contribution < -0.4 is 68.1 Å². The monoisotopic (exact) mass is 1360 g/mol. The minimum atomic E-state index is -0.966. The largest absolute Gasteiger partial charge is 0.497 e. The Kier molecular flexibility index (Phi) is 19.6. The zero-order valence-electron chi connectivity index (χ0n) is 54.6. The summed E-state index contributed by atoms with van der Waals surface area (Å²) in [6.07, 6.45) is 0. The number of para-hydroxylation sites is 1. The van der Waals surface area contributed by atoms with Gasteiger partial charge in [-0.1, -0.05) is 18.2 Å². The van der Waals surface area contributed by atoms with Gasteiger partial charge in [0.2, 0.25) is 17.3 Å². The van der Waals surface area contributed by atoms with Crippen molar-refractivity contribution in [3.63, 3.8) is 0 Å². The molecule has 0 radical (unpaired) electrons. The molecule has 0 aliphatic carbocycles. The summed E-state index contributed by atoms with van der Waals surface area (Å²) in [6, 6.07) is 47.8. The van der Waals surface area contributed by atoms with Gasteiger partial charge in [-0.3, -0.25) is 24.0 Å². The Morgan fingerprint density at radius 1 is 0.287 bits per heavy atom. The smallest absolute Gasteiger partial charge is 0.347 e. The van der Waals surface area contributed by atoms with Crippen molar-refractivity contribution >= 4 is 117 Å². The van der Waals surface area contributed by atoms with Crippen molar-refractivity contribution in [3.05, 3.63) is 288 Å². The Morgan fingerprint density at radius 2 is 0.584 bits per heavy atom. The lowest BCUT2D eigenvalue weighted by molar-refractivity contribution is -0.132. The first-order valence-electron chi connectivity index (χ1n) is 30.2. The fraction of sp³-hybridized carbons (Fsp3) is 0.105. The average molecular weight is 1360 g/mol. The van der Waals surface area contributed by atoms with E-state index in [-0.39, 0.29) is 61.7 Å². The van der Waals surface area contributed by atoms with Crippen LogP contribution in [-0.4, -0.2) is 71.7 Å². The molecule has 0 aliphatic heterocycles. The number of fused-ring (bicyclic) bond motifs is 7. The quantitative estimate of drug-likeness (QED) is 0.0474. The highest BCUT2D eigenvalue weighted by Gasteiger charge is 2.25. The third-order valence-electron chi connectivity index (χ3n) is 15.3. The van der Waals surface area contributed by atoms with Gasteiger partial charge >= 0.3 is 51.3 Å². The number of anilines is 2. The van der Waals surface area contributed by atoms with E-state index < -0.39 is 63.0 Å². The molecular formula is C76H54N2O23. The fourth-order valence-electron chi connectivity index (χ4n) is 10.3. The van der Waals surface area contributed by atoms with Crippen molar-refractivity contribution in [2.75, 3.05) is 52.2 Å². The first kappa shape index (κ1) is 68.5. The molecule has 0 saturated heterocycles. The van der Waals surface area contributed by atoms with Crippen molar-refractivity contribution in [1.29, 1.82) is 0 Å². The fourth-order valence-corrected chi connectivity index (χ4v) is 10.3. The lowest BCUT2D eigenvalue weighted by Gasteiger charge is -2.13. The first-order chi connectivity index (χ1) is 48.3. The zero-order valence-corrected chi connectivity index (χ0v) is 54.6. The van der Waals surface area contributed by atoms with Crippen LogP contribution in [0.15, 0.2) is 246 Å². The molecular weight excluding hydrogens is 1310 g/mol. The molecule has 14 aromatic rings. The van der Waals surface area contributed by atoms with E-state index in [1.807, 2.05) is 68.3 Å². The highest BCUT2D eigenvalue weighted by molar-refractivity contribution is 6.12. The second-order valence-electron chi connectivity index (χ2n) is 22.6. The van der Waals surface area contributed by atoms with E-state index in [1.54, 1.807) is 72.8 Å². The number of esters is 2. The summed E-state index contributed by atoms with van der Waals surface area (Å²) >= 11 is 0. The molecule has 0 fully saturated rings. The maximum Gasteiger partial charge on any atom is 0.347 e. The number of carbonyl (C=O) groups excluding carboxylic acids is 5. The molecule has 25 nitrogen and oxygen atoms in total. The molecule has 7 aromatic heterocycles. The molecule has 7 aromatic carbocycles. The van der Waals surface area contributed by atoms with Crippen LogP contribution in [-0.2, 0) is 9.59 Å². The molecule has 0 spiro atoms. The Hall–Kier alpha value is -13.8. The second-order valence-corrected chi connectivity index (χ2v) is 22.6. The number of rotatable bonds is 12. The number of hydrogen-bond donors (Lipinski definition) is 0. The molecule has 101 heavy (non-hydrogen) atoms. The van der Waals surface area contributed by atoms with E-state index in [9.17, 15) is 57.5 Å². The predicted molar refractivity (Wildman–Crippen MR) is 372 cm³/mol. The maximum atomic E-state index is 13.0. The highest BCUT2D eigenvalue weighted by atomic mass is 16.5. The van der Waals surface area contributed by atoms with Crippen molar-refractivity contribution in [2.45, 2.75) is 13.8 Å². The van der Waals surface area contributed by atoms with Crippen molar-refractivity contribution < 1.29 is 73.8 Å². The van der Waals surface area contributed by atoms with Crippen LogP contribution in [0.5, 0.6) is 23.0 Å². The van der Waals surface area contributed by atoms with Crippen LogP contribution in [0.25, 0.3) is 76.8 Å². The molecule has 0 amide bonds. The summed E-state index contributed by atoms with van der Waals surface area (Å²) < 4.78 is 56.6. The van der Waals surface area contributed by atoms with Gasteiger partial charge in [-0.15, -0.1) is 0 Å². The molecule has 25 heteroatoms. The molecule has 0 atom stereocenters. The van der Waals surface area contributed by atoms with Gasteiger partial charge in [0.25, 0.3) is 0 Å². The first-order valence-corrected chi connectivity index (χ1v) is 30.2. The summed E-state index contributed by atoms with van der Waals surface area (Å²) in [4.78, 5) is 150. The summed E-state index contributed by atoms with van der Waals surface area (Å²) in [7, 11) is 10.5. The van der Waals surface area contributed by atoms with Gasteiger partial charge in [0.05, 0.1) is 14.2 Å². The van der Waals surface area contributed by atoms with E-state index in [0.717, 1.165) is 16.8 Å². The van der Waals surface area contributed by atoms with Gasteiger partial charge in [-0.25, -0.2) is 33.6 Å². The number of carbonyl (C=O) groups is 5. The minimum absolute atomic E-state index is 0.105. The molecule has 14 rings (SSSR count). The lowest BCUT2D eigenvalue weighted by atomic mass is 10.0. The zero-order chi connectivity index (χ0) is 72.1. The second kappa shape index (κ2) is 28.9. The molecule has 0 aliphatic rings. The number of nitrogens with zero attached hydrogens (tertiary/aromatic N) is 2. The SMILES string of the molecule is CC(=O)Oc1ccc2cc(C(=O)c3cc4ccc(OC(C)=O)cc4oc3=O)c(=O)oc2c1.CN(C)c1ccc2cc(C(=O)c3cc4ccc(N(C)C)cc4oc3=O)c(=O)oc2c1.COc1ccc2oc(=O)c(C(=O)c3cc4cc(OC)ccc4oc3=O)cc2c1.O=c1ccc2ccccc2o1. The van der Waals surface area contributed by atoms with Gasteiger partial charge in [-0.05, 0) is 133 Å². The summed E-state index contributed by atoms with van der Waals surface area (Å²) in [6.45, 7) is 2.46. The number of methoxy groups -OCH3 is 2. The van der Waals surface area contributed by atoms with Crippen LogP contribution in [0.4, 0.5) is 11.4 Å². The van der Waals surface area contributed by atoms with E-state index in [0.29, 0.717) is 71.7 Å². The Morgan fingerprint density at radius 3 is 0.931 bits per heavy atom. The van der Waals surface area contributed by atoms with Gasteiger partial charge < -0.3 is 59.7 Å². The molecule has 0 unspecified atom stereocenters. The topological polar surface area (TPSA) is 340 Å². The number of benzene rings is 7. The summed E-state index contributed by atoms with van der Waals surface area (Å²) in [5.41, 5.74) is -3.29. The number of hydrogen-bond acceptors (Lipinski definition) is 25. The Bertz CT molecular complexity index is 5840. The number of ketones is 3. The van der Waals surface area contributed by atoms with E-state index >= 15 is 0 Å². The molecule has 506 valence electrons. The predicted octanol–water partition coefficient (Wildman–Crippen LogP) is 11.2. The van der Waals surface area contributed by atoms with Gasteiger partial charge in [0, 0.05) is 121 Å². The van der Waals surface area contributed by atoms with E-state index in [4.69, 9.17) is 49.9 Å². The molecule has 0 bridgehead atoms. The Balaban J connectivity index is 0.000000142. The van der Waals surface area contributed by atoms with Crippen LogP contribution in [0.1, 0.15) is 61.6 Å². The van der Waals surface area contributed by atoms with E-state index in [1.165, 1.54) is 107 Å². The van der Waals surface area contributed by atoms with Crippen molar-refractivity contribution in [2.24, 2.45) is 0 Å². The third-order valence-corrected chi connectivity index (χ3v) is 15.3. The van der Waals surface area contributed by atoms with Gasteiger partial charge in [0.1, 0.15) is 95.5 Å². The lowest BCUT2D eigenvalue weighted by Crippen LogP contribution is -2.21. The maximum absolute atomic E-state index is 13.0. The highest BCUT2D eigenvalue weighted by Crippen LogP contribution is 2.28. The Labute approximate surface area is 566 Å². The third kappa shape index (κ3) is 15.2. The summed E-state index contributed by atoms with van der Waals surface area (Å²) in [5.74, 6) is -2.03. The average Bonchev–Trinajstić information content (AvgIpc) is 0.786.